The van der Waals surface area contributed by atoms with E-state index in [2.05, 4.69) is 22.4 Å². The van der Waals surface area contributed by atoms with E-state index in [0.29, 0.717) is 32.5 Å². The number of carbonyl (C=O) groups excluding carboxylic acids is 2. The molecule has 1 saturated heterocycles. The van der Waals surface area contributed by atoms with Crippen molar-refractivity contribution in [1.82, 2.24) is 15.2 Å². The molecule has 2 aromatic rings. The highest BCUT2D eigenvalue weighted by Crippen LogP contribution is 2.18. The van der Waals surface area contributed by atoms with E-state index < -0.39 is 0 Å². The Labute approximate surface area is 154 Å². The van der Waals surface area contributed by atoms with Crippen molar-refractivity contribution in [1.29, 1.82) is 0 Å². The lowest BCUT2D eigenvalue weighted by Crippen LogP contribution is -2.46. The molecule has 2 heterocycles. The first-order chi connectivity index (χ1) is 12.7. The predicted molar refractivity (Wildman–Crippen MR) is 100 cm³/mol. The third kappa shape index (κ3) is 5.15. The van der Waals surface area contributed by atoms with Gasteiger partial charge in [-0.15, -0.1) is 0 Å². The van der Waals surface area contributed by atoms with Crippen LogP contribution >= 0.6 is 0 Å². The SMILES string of the molecule is O=C(NCCc1cccnc1)C1CCC(=O)N(CCc2ccccc2)C1. The van der Waals surface area contributed by atoms with Gasteiger partial charge in [0.2, 0.25) is 11.8 Å². The molecule has 2 amide bonds. The molecule has 26 heavy (non-hydrogen) atoms. The van der Waals surface area contributed by atoms with E-state index in [9.17, 15) is 9.59 Å². The molecule has 1 atom stereocenters. The molecule has 5 heteroatoms. The number of amides is 2. The highest BCUT2D eigenvalue weighted by atomic mass is 16.2. The molecule has 1 aromatic carbocycles. The van der Waals surface area contributed by atoms with Crippen molar-refractivity contribution in [3.05, 3.63) is 66.0 Å². The van der Waals surface area contributed by atoms with Crippen LogP contribution in [0.15, 0.2) is 54.9 Å². The molecule has 136 valence electrons. The average Bonchev–Trinajstić information content (AvgIpc) is 2.69. The van der Waals surface area contributed by atoms with Crippen LogP contribution in [0.5, 0.6) is 0 Å². The fraction of sp³-hybridized carbons (Fsp3) is 0.381. The van der Waals surface area contributed by atoms with E-state index in [1.165, 1.54) is 5.56 Å². The molecular formula is C21H25N3O2. The largest absolute Gasteiger partial charge is 0.355 e. The topological polar surface area (TPSA) is 62.3 Å². The van der Waals surface area contributed by atoms with E-state index in [0.717, 1.165) is 18.4 Å². The van der Waals surface area contributed by atoms with Gasteiger partial charge >= 0.3 is 0 Å². The second-order valence-corrected chi connectivity index (χ2v) is 6.71. The first kappa shape index (κ1) is 18.1. The van der Waals surface area contributed by atoms with Crippen LogP contribution in [-0.4, -0.2) is 41.3 Å². The summed E-state index contributed by atoms with van der Waals surface area (Å²) in [4.78, 5) is 30.5. The van der Waals surface area contributed by atoms with Crippen molar-refractivity contribution in [2.45, 2.75) is 25.7 Å². The lowest BCUT2D eigenvalue weighted by atomic mass is 9.96. The summed E-state index contributed by atoms with van der Waals surface area (Å²) in [7, 11) is 0. The summed E-state index contributed by atoms with van der Waals surface area (Å²) in [6, 6.07) is 14.0. The Bertz CT molecular complexity index is 719. The number of benzene rings is 1. The molecule has 1 aliphatic rings. The van der Waals surface area contributed by atoms with Gasteiger partial charge in [-0.3, -0.25) is 14.6 Å². The lowest BCUT2D eigenvalue weighted by Gasteiger charge is -2.32. The predicted octanol–water partition coefficient (Wildman–Crippen LogP) is 2.22. The van der Waals surface area contributed by atoms with E-state index in [1.54, 1.807) is 6.20 Å². The Morgan fingerprint density at radius 1 is 1.12 bits per heavy atom. The molecule has 5 nitrogen and oxygen atoms in total. The Balaban J connectivity index is 1.45. The number of nitrogens with one attached hydrogen (secondary N) is 1. The van der Waals surface area contributed by atoms with Crippen LogP contribution in [0.4, 0.5) is 0 Å². The van der Waals surface area contributed by atoms with Crippen molar-refractivity contribution in [2.24, 2.45) is 5.92 Å². The molecule has 0 bridgehead atoms. The zero-order chi connectivity index (χ0) is 18.2. The zero-order valence-corrected chi connectivity index (χ0v) is 14.9. The van der Waals surface area contributed by atoms with Crippen molar-refractivity contribution in [2.75, 3.05) is 19.6 Å². The maximum atomic E-state index is 12.5. The maximum Gasteiger partial charge on any atom is 0.224 e. The lowest BCUT2D eigenvalue weighted by molar-refractivity contribution is -0.138. The minimum atomic E-state index is -0.114. The van der Waals surface area contributed by atoms with Crippen LogP contribution in [0.2, 0.25) is 0 Å². The van der Waals surface area contributed by atoms with Crippen LogP contribution in [0, 0.1) is 5.92 Å². The second kappa shape index (κ2) is 9.13. The Kier molecular flexibility index (Phi) is 6.36. The van der Waals surface area contributed by atoms with Crippen LogP contribution in [0.3, 0.4) is 0 Å². The fourth-order valence-electron chi connectivity index (χ4n) is 3.27. The Hall–Kier alpha value is -2.69. The van der Waals surface area contributed by atoms with Gasteiger partial charge in [-0.1, -0.05) is 36.4 Å². The number of rotatable bonds is 7. The molecule has 1 N–H and O–H groups in total. The molecule has 1 fully saturated rings. The van der Waals surface area contributed by atoms with E-state index in [1.807, 2.05) is 41.4 Å². The number of hydrogen-bond acceptors (Lipinski definition) is 3. The molecule has 3 rings (SSSR count). The summed E-state index contributed by atoms with van der Waals surface area (Å²) in [5.74, 6) is 0.0869. The molecule has 1 unspecified atom stereocenters. The summed E-state index contributed by atoms with van der Waals surface area (Å²) >= 11 is 0. The average molecular weight is 351 g/mol. The van der Waals surface area contributed by atoms with Crippen LogP contribution in [-0.2, 0) is 22.4 Å². The normalized spacial score (nSPS) is 17.2. The first-order valence-corrected chi connectivity index (χ1v) is 9.20. The van der Waals surface area contributed by atoms with E-state index >= 15 is 0 Å². The monoisotopic (exact) mass is 351 g/mol. The highest BCUT2D eigenvalue weighted by Gasteiger charge is 2.29. The van der Waals surface area contributed by atoms with Gasteiger partial charge in [-0.05, 0) is 36.5 Å². The number of aromatic nitrogens is 1. The van der Waals surface area contributed by atoms with Gasteiger partial charge in [0.25, 0.3) is 0 Å². The van der Waals surface area contributed by atoms with Gasteiger partial charge in [-0.2, -0.15) is 0 Å². The molecule has 1 aliphatic heterocycles. The third-order valence-corrected chi connectivity index (χ3v) is 4.82. The molecule has 1 aromatic heterocycles. The van der Waals surface area contributed by atoms with Gasteiger partial charge in [0.15, 0.2) is 0 Å². The summed E-state index contributed by atoms with van der Waals surface area (Å²) < 4.78 is 0. The van der Waals surface area contributed by atoms with E-state index in [4.69, 9.17) is 0 Å². The second-order valence-electron chi connectivity index (χ2n) is 6.71. The summed E-state index contributed by atoms with van der Waals surface area (Å²) in [6.07, 6.45) is 6.24. The molecular weight excluding hydrogens is 326 g/mol. The summed E-state index contributed by atoms with van der Waals surface area (Å²) in [6.45, 7) is 1.78. The van der Waals surface area contributed by atoms with Crippen molar-refractivity contribution >= 4 is 11.8 Å². The standard InChI is InChI=1S/C21H25N3O2/c25-20-9-8-19(16-24(20)14-11-17-5-2-1-3-6-17)21(26)23-13-10-18-7-4-12-22-15-18/h1-7,12,15,19H,8-11,13-14,16H2,(H,23,26). The van der Waals surface area contributed by atoms with Crippen molar-refractivity contribution < 1.29 is 9.59 Å². The fourth-order valence-corrected chi connectivity index (χ4v) is 3.27. The highest BCUT2D eigenvalue weighted by molar-refractivity contribution is 5.83. The van der Waals surface area contributed by atoms with Gasteiger partial charge in [0.05, 0.1) is 5.92 Å². The Morgan fingerprint density at radius 2 is 1.92 bits per heavy atom. The molecule has 0 spiro atoms. The number of piperidine rings is 1. The minimum absolute atomic E-state index is 0.0473. The van der Waals surface area contributed by atoms with Gasteiger partial charge < -0.3 is 10.2 Å². The number of likely N-dealkylation sites (tertiary alicyclic amines) is 1. The quantitative estimate of drug-likeness (QED) is 0.832. The third-order valence-electron chi connectivity index (χ3n) is 4.82. The number of hydrogen-bond donors (Lipinski definition) is 1. The van der Waals surface area contributed by atoms with Crippen molar-refractivity contribution in [3.8, 4) is 0 Å². The summed E-state index contributed by atoms with van der Waals surface area (Å²) in [5, 5.41) is 3.01. The number of carbonyl (C=O) groups is 2. The van der Waals surface area contributed by atoms with Crippen molar-refractivity contribution in [3.63, 3.8) is 0 Å². The molecule has 0 saturated carbocycles. The minimum Gasteiger partial charge on any atom is -0.355 e. The maximum absolute atomic E-state index is 12.5. The smallest absolute Gasteiger partial charge is 0.224 e. The van der Waals surface area contributed by atoms with Gasteiger partial charge in [0.1, 0.15) is 0 Å². The van der Waals surface area contributed by atoms with E-state index in [-0.39, 0.29) is 17.7 Å². The summed E-state index contributed by atoms with van der Waals surface area (Å²) in [5.41, 5.74) is 2.32. The number of nitrogens with zero attached hydrogens (tertiary/aromatic N) is 2. The molecule has 0 radical (unpaired) electrons. The number of pyridine rings is 1. The van der Waals surface area contributed by atoms with Gasteiger partial charge in [0, 0.05) is 38.4 Å². The van der Waals surface area contributed by atoms with Crippen LogP contribution < -0.4 is 5.32 Å². The zero-order valence-electron chi connectivity index (χ0n) is 14.9. The van der Waals surface area contributed by atoms with Gasteiger partial charge in [-0.25, -0.2) is 0 Å². The van der Waals surface area contributed by atoms with Crippen LogP contribution in [0.25, 0.3) is 0 Å². The van der Waals surface area contributed by atoms with Crippen LogP contribution in [0.1, 0.15) is 24.0 Å². The first-order valence-electron chi connectivity index (χ1n) is 9.20. The molecule has 0 aliphatic carbocycles. The Morgan fingerprint density at radius 3 is 2.69 bits per heavy atom.